The van der Waals surface area contributed by atoms with Crippen LogP contribution in [0.3, 0.4) is 0 Å². The van der Waals surface area contributed by atoms with E-state index in [1.165, 1.54) is 0 Å². The van der Waals surface area contributed by atoms with E-state index in [9.17, 15) is 34.3 Å². The van der Waals surface area contributed by atoms with Crippen LogP contribution in [0.2, 0.25) is 0 Å². The Hall–Kier alpha value is 0.300. The molecule has 0 aromatic rings. The summed E-state index contributed by atoms with van der Waals surface area (Å²) in [5.74, 6) is 0. The summed E-state index contributed by atoms with van der Waals surface area (Å²) >= 11 is 0.683. The molecule has 0 unspecified atom stereocenters. The first-order chi connectivity index (χ1) is 6.99. The molecule has 0 heterocycles. The quantitative estimate of drug-likeness (QED) is 0.243. The molecule has 0 saturated heterocycles. The van der Waals surface area contributed by atoms with Crippen LogP contribution in [0.5, 0.6) is 0 Å². The Morgan fingerprint density at radius 3 is 2.31 bits per heavy atom. The molecule has 0 spiro atoms. The van der Waals surface area contributed by atoms with Crippen LogP contribution in [0.1, 0.15) is 6.42 Å². The van der Waals surface area contributed by atoms with E-state index >= 15 is 0 Å². The van der Waals surface area contributed by atoms with E-state index in [2.05, 4.69) is 0 Å². The van der Waals surface area contributed by atoms with E-state index in [4.69, 9.17) is 0 Å². The molecule has 16 heavy (non-hydrogen) atoms. The van der Waals surface area contributed by atoms with Gasteiger partial charge in [0.1, 0.15) is 0 Å². The molecule has 0 radical (unpaired) electrons. The van der Waals surface area contributed by atoms with E-state index in [1.54, 1.807) is 0 Å². The zero-order valence-corrected chi connectivity index (χ0v) is 10.9. The fraction of sp³-hybridized carbons (Fsp3) is 1.00. The molecule has 0 bridgehead atoms. The second-order valence-corrected chi connectivity index (χ2v) is 6.02. The standard InChI is InChI=1S/C3H4F4IN2O4S2/c4-2(10(7)8)1-3(5,6)16(13,14)9-15(11)12/h2H,1H2,(H,9,11)/q+1/t2-/m1/s1. The van der Waals surface area contributed by atoms with Crippen LogP contribution in [0.15, 0.2) is 0 Å². The molecule has 1 atom stereocenters. The van der Waals surface area contributed by atoms with Gasteiger partial charge >= 0.3 is 103 Å². The summed E-state index contributed by atoms with van der Waals surface area (Å²) in [6.07, 6.45) is -4.94. The molecule has 0 aliphatic rings. The van der Waals surface area contributed by atoms with Crippen molar-refractivity contribution in [1.29, 1.82) is 0 Å². The Bertz CT molecular complexity index is 461. The van der Waals surface area contributed by atoms with Crippen molar-refractivity contribution < 1.29 is 34.3 Å². The molecule has 13 heteroatoms. The van der Waals surface area contributed by atoms with Crippen molar-refractivity contribution >= 4 is 43.6 Å². The predicted molar refractivity (Wildman–Crippen MR) is 52.3 cm³/mol. The average Bonchev–Trinajstić information content (AvgIpc) is 1.99. The first-order valence-corrected chi connectivity index (χ1v) is 6.76. The van der Waals surface area contributed by atoms with Gasteiger partial charge < -0.3 is 0 Å². The third-order valence-electron chi connectivity index (χ3n) is 1.19. The zero-order chi connectivity index (χ0) is 13.1. The van der Waals surface area contributed by atoms with Crippen molar-refractivity contribution in [3.05, 3.63) is 0 Å². The second kappa shape index (κ2) is 5.76. The van der Waals surface area contributed by atoms with Crippen LogP contribution in [0.4, 0.5) is 17.7 Å². The van der Waals surface area contributed by atoms with Crippen LogP contribution < -0.4 is 4.13 Å². The average molecular weight is 399 g/mol. The van der Waals surface area contributed by atoms with E-state index in [0.717, 1.165) is 0 Å². The van der Waals surface area contributed by atoms with Gasteiger partial charge in [-0.2, -0.15) is 0 Å². The fourth-order valence-electron chi connectivity index (χ4n) is 0.525. The van der Waals surface area contributed by atoms with Crippen LogP contribution >= 0.6 is 22.9 Å². The number of rotatable bonds is 5. The number of sulfonamides is 1. The Kier molecular flexibility index (Phi) is 5.87. The molecular weight excluding hydrogens is 395 g/mol. The minimum atomic E-state index is -5.62. The Morgan fingerprint density at radius 2 is 2.00 bits per heavy atom. The number of hydrogen-bond acceptors (Lipinski definition) is 4. The summed E-state index contributed by atoms with van der Waals surface area (Å²) in [6.45, 7) is 0. The van der Waals surface area contributed by atoms with Crippen molar-refractivity contribution in [2.24, 2.45) is 0 Å². The number of alkyl halides is 3. The molecule has 6 nitrogen and oxygen atoms in total. The molecule has 0 rings (SSSR count). The van der Waals surface area contributed by atoms with E-state index in [1.807, 2.05) is 0 Å². The topological polar surface area (TPSA) is 86.4 Å². The third kappa shape index (κ3) is 4.66. The normalized spacial score (nSPS) is 15.1. The van der Waals surface area contributed by atoms with Gasteiger partial charge in [-0.3, -0.25) is 0 Å². The first kappa shape index (κ1) is 16.3. The number of halogens is 5. The maximum absolute atomic E-state index is 12.8. The van der Waals surface area contributed by atoms with Gasteiger partial charge in [-0.15, -0.1) is 0 Å². The summed E-state index contributed by atoms with van der Waals surface area (Å²) in [5, 5.41) is -4.76. The molecule has 0 saturated carbocycles. The number of hydrogen-bond donors (Lipinski definition) is 1. The van der Waals surface area contributed by atoms with Crippen LogP contribution in [0.25, 0.3) is 0 Å². The monoisotopic (exact) mass is 399 g/mol. The Morgan fingerprint density at radius 1 is 1.56 bits per heavy atom. The SMILES string of the molecule is O=S(#[O+])NS(=O)(=O)C(F)(F)C[C@H](F)N(F)I. The van der Waals surface area contributed by atoms with Crippen molar-refractivity contribution in [3.8, 4) is 0 Å². The summed E-state index contributed by atoms with van der Waals surface area (Å²) in [4.78, 5) is 0. The molecule has 0 aliphatic carbocycles. The van der Waals surface area contributed by atoms with Gasteiger partial charge in [-0.1, -0.05) is 0 Å². The Balaban J connectivity index is 4.93. The van der Waals surface area contributed by atoms with Crippen molar-refractivity contribution in [2.45, 2.75) is 18.0 Å². The van der Waals surface area contributed by atoms with Gasteiger partial charge in [0.25, 0.3) is 0 Å². The van der Waals surface area contributed by atoms with E-state index in [-0.39, 0.29) is 0 Å². The first-order valence-electron chi connectivity index (χ1n) is 3.23. The summed E-state index contributed by atoms with van der Waals surface area (Å²) < 4.78 is 91.0. The van der Waals surface area contributed by atoms with Crippen LogP contribution in [-0.4, -0.2) is 27.5 Å². The third-order valence-corrected chi connectivity index (χ3v) is 4.17. The molecule has 0 aliphatic heterocycles. The van der Waals surface area contributed by atoms with Crippen molar-refractivity contribution in [1.82, 2.24) is 7.46 Å². The zero-order valence-electron chi connectivity index (χ0n) is 7.07. The predicted octanol–water partition coefficient (Wildman–Crippen LogP) is 0.730. The van der Waals surface area contributed by atoms with Gasteiger partial charge in [0.2, 0.25) is 0 Å². The van der Waals surface area contributed by atoms with Gasteiger partial charge in [0, 0.05) is 0 Å². The maximum atomic E-state index is 12.8. The van der Waals surface area contributed by atoms with E-state index < -0.39 is 42.1 Å². The van der Waals surface area contributed by atoms with Gasteiger partial charge in [-0.05, 0) is 0 Å². The summed E-state index contributed by atoms with van der Waals surface area (Å²) in [5.41, 5.74) is 0. The molecule has 0 aromatic heterocycles. The fourth-order valence-corrected chi connectivity index (χ4v) is 2.28. The van der Waals surface area contributed by atoms with E-state index in [0.29, 0.717) is 27.0 Å². The summed E-state index contributed by atoms with van der Waals surface area (Å²) in [7, 11) is -9.13. The molecule has 0 fully saturated rings. The van der Waals surface area contributed by atoms with Crippen LogP contribution in [0, 0.1) is 0 Å². The van der Waals surface area contributed by atoms with Gasteiger partial charge in [0.15, 0.2) is 0 Å². The van der Waals surface area contributed by atoms with Crippen molar-refractivity contribution in [3.63, 3.8) is 0 Å². The second-order valence-electron chi connectivity index (χ2n) is 2.36. The van der Waals surface area contributed by atoms with Gasteiger partial charge in [-0.25, -0.2) is 0 Å². The number of nitrogens with zero attached hydrogens (tertiary/aromatic N) is 1. The summed E-state index contributed by atoms with van der Waals surface area (Å²) in [6, 6.07) is 0. The van der Waals surface area contributed by atoms with Gasteiger partial charge in [0.05, 0.1) is 0 Å². The molecule has 0 amide bonds. The molecule has 1 N–H and O–H groups in total. The molecule has 0 aromatic carbocycles. The molecular formula is C3H4F4IN2O4S2+. The Labute approximate surface area is 103 Å². The van der Waals surface area contributed by atoms with Crippen molar-refractivity contribution in [2.75, 3.05) is 0 Å². The number of nitrogens with one attached hydrogen (secondary N) is 1. The van der Waals surface area contributed by atoms with Crippen LogP contribution in [-0.2, 0) is 24.8 Å². The molecule has 96 valence electrons. The minimum absolute atomic E-state index is 0.532.